The third-order valence-corrected chi connectivity index (χ3v) is 2.44. The van der Waals surface area contributed by atoms with E-state index in [1.165, 1.54) is 0 Å². The van der Waals surface area contributed by atoms with E-state index in [0.29, 0.717) is 0 Å². The van der Waals surface area contributed by atoms with E-state index in [0.717, 1.165) is 15.6 Å². The van der Waals surface area contributed by atoms with E-state index in [2.05, 4.69) is 15.9 Å². The van der Waals surface area contributed by atoms with Crippen molar-refractivity contribution in [3.8, 4) is 0 Å². The van der Waals surface area contributed by atoms with Crippen LogP contribution < -0.4 is 0 Å². The summed E-state index contributed by atoms with van der Waals surface area (Å²) in [5, 5.41) is 18.9. The summed E-state index contributed by atoms with van der Waals surface area (Å²) in [4.78, 5) is 0. The molecule has 0 saturated heterocycles. The molecule has 0 spiro atoms. The first-order valence-electron chi connectivity index (χ1n) is 4.18. The molecule has 2 nitrogen and oxygen atoms in total. The van der Waals surface area contributed by atoms with E-state index in [1.807, 2.05) is 18.2 Å². The van der Waals surface area contributed by atoms with Crippen molar-refractivity contribution >= 4 is 15.9 Å². The third kappa shape index (κ3) is 2.53. The van der Waals surface area contributed by atoms with Crippen molar-refractivity contribution in [3.63, 3.8) is 0 Å². The maximum atomic E-state index is 9.45. The standard InChI is InChI=1S/C10H13BrO2/c1-6(12)9-4-3-8(11)5-10(9)7(2)13/h3-7,12-13H,1-2H3. The van der Waals surface area contributed by atoms with Crippen LogP contribution in [0.2, 0.25) is 0 Å². The highest BCUT2D eigenvalue weighted by atomic mass is 79.9. The van der Waals surface area contributed by atoms with Crippen molar-refractivity contribution in [1.82, 2.24) is 0 Å². The Kier molecular flexibility index (Phi) is 3.47. The SMILES string of the molecule is CC(O)c1ccc(Br)cc1C(C)O. The summed E-state index contributed by atoms with van der Waals surface area (Å²) in [6.45, 7) is 3.38. The van der Waals surface area contributed by atoms with Crippen LogP contribution in [0.3, 0.4) is 0 Å². The summed E-state index contributed by atoms with van der Waals surface area (Å²) in [5.74, 6) is 0. The van der Waals surface area contributed by atoms with Crippen LogP contribution in [-0.4, -0.2) is 10.2 Å². The maximum Gasteiger partial charge on any atom is 0.0765 e. The summed E-state index contributed by atoms with van der Waals surface area (Å²) in [6, 6.07) is 5.50. The fourth-order valence-electron chi connectivity index (χ4n) is 1.29. The van der Waals surface area contributed by atoms with E-state index in [4.69, 9.17) is 0 Å². The fraction of sp³-hybridized carbons (Fsp3) is 0.400. The minimum Gasteiger partial charge on any atom is -0.389 e. The molecule has 0 fully saturated rings. The van der Waals surface area contributed by atoms with E-state index in [1.54, 1.807) is 13.8 Å². The number of rotatable bonds is 2. The molecule has 1 aromatic rings. The van der Waals surface area contributed by atoms with Crippen molar-refractivity contribution in [2.75, 3.05) is 0 Å². The number of halogens is 1. The number of hydrogen-bond acceptors (Lipinski definition) is 2. The van der Waals surface area contributed by atoms with Gasteiger partial charge >= 0.3 is 0 Å². The largest absolute Gasteiger partial charge is 0.389 e. The van der Waals surface area contributed by atoms with Crippen LogP contribution in [0.15, 0.2) is 22.7 Å². The summed E-state index contributed by atoms with van der Waals surface area (Å²) in [5.41, 5.74) is 1.54. The molecule has 13 heavy (non-hydrogen) atoms. The second-order valence-corrected chi connectivity index (χ2v) is 4.04. The summed E-state index contributed by atoms with van der Waals surface area (Å²) >= 11 is 3.32. The number of aliphatic hydroxyl groups is 2. The number of aliphatic hydroxyl groups excluding tert-OH is 2. The van der Waals surface area contributed by atoms with Gasteiger partial charge in [-0.1, -0.05) is 22.0 Å². The topological polar surface area (TPSA) is 40.5 Å². The molecule has 0 aliphatic carbocycles. The normalized spacial score (nSPS) is 15.5. The summed E-state index contributed by atoms with van der Waals surface area (Å²) < 4.78 is 0.910. The summed E-state index contributed by atoms with van der Waals surface area (Å²) in [7, 11) is 0. The first-order valence-corrected chi connectivity index (χ1v) is 4.97. The highest BCUT2D eigenvalue weighted by Gasteiger charge is 2.11. The fourth-order valence-corrected chi connectivity index (χ4v) is 1.67. The van der Waals surface area contributed by atoms with Gasteiger partial charge in [0.15, 0.2) is 0 Å². The molecule has 0 saturated carbocycles. The molecule has 72 valence electrons. The Morgan fingerprint density at radius 3 is 2.08 bits per heavy atom. The Morgan fingerprint density at radius 1 is 1.08 bits per heavy atom. The monoisotopic (exact) mass is 244 g/mol. The molecule has 0 heterocycles. The predicted octanol–water partition coefficient (Wildman–Crippen LogP) is 2.56. The van der Waals surface area contributed by atoms with Crippen LogP contribution >= 0.6 is 15.9 Å². The van der Waals surface area contributed by atoms with Gasteiger partial charge in [-0.2, -0.15) is 0 Å². The zero-order valence-electron chi connectivity index (χ0n) is 7.66. The Bertz CT molecular complexity index is 295. The third-order valence-electron chi connectivity index (χ3n) is 1.95. The lowest BCUT2D eigenvalue weighted by Crippen LogP contribution is -2.01. The molecule has 3 heteroatoms. The van der Waals surface area contributed by atoms with Gasteiger partial charge < -0.3 is 10.2 Å². The van der Waals surface area contributed by atoms with E-state index in [9.17, 15) is 10.2 Å². The second-order valence-electron chi connectivity index (χ2n) is 3.13. The van der Waals surface area contributed by atoms with Crippen molar-refractivity contribution in [2.24, 2.45) is 0 Å². The average molecular weight is 245 g/mol. The Morgan fingerprint density at radius 2 is 1.62 bits per heavy atom. The zero-order valence-corrected chi connectivity index (χ0v) is 9.25. The molecule has 2 unspecified atom stereocenters. The quantitative estimate of drug-likeness (QED) is 0.840. The molecule has 1 aromatic carbocycles. The van der Waals surface area contributed by atoms with Crippen molar-refractivity contribution in [2.45, 2.75) is 26.1 Å². The maximum absolute atomic E-state index is 9.45. The van der Waals surface area contributed by atoms with Gasteiger partial charge in [0.1, 0.15) is 0 Å². The smallest absolute Gasteiger partial charge is 0.0765 e. The first kappa shape index (κ1) is 10.7. The Labute approximate surface area is 86.3 Å². The Balaban J connectivity index is 3.19. The predicted molar refractivity (Wildman–Crippen MR) is 55.4 cm³/mol. The minimum atomic E-state index is -0.554. The lowest BCUT2D eigenvalue weighted by atomic mass is 10.00. The molecule has 1 rings (SSSR count). The van der Waals surface area contributed by atoms with Gasteiger partial charge in [0, 0.05) is 4.47 Å². The molecule has 2 N–H and O–H groups in total. The molecule has 2 atom stereocenters. The second kappa shape index (κ2) is 4.22. The highest BCUT2D eigenvalue weighted by Crippen LogP contribution is 2.26. The Hall–Kier alpha value is -0.380. The molecule has 0 aliphatic heterocycles. The van der Waals surface area contributed by atoms with Gasteiger partial charge in [-0.05, 0) is 37.1 Å². The van der Waals surface area contributed by atoms with Crippen molar-refractivity contribution in [1.29, 1.82) is 0 Å². The molecular formula is C10H13BrO2. The average Bonchev–Trinajstić information content (AvgIpc) is 2.03. The highest BCUT2D eigenvalue weighted by molar-refractivity contribution is 9.10. The van der Waals surface area contributed by atoms with Gasteiger partial charge in [-0.3, -0.25) is 0 Å². The van der Waals surface area contributed by atoms with Gasteiger partial charge in [0.2, 0.25) is 0 Å². The molecule has 0 amide bonds. The van der Waals surface area contributed by atoms with Crippen LogP contribution in [-0.2, 0) is 0 Å². The molecule has 0 bridgehead atoms. The van der Waals surface area contributed by atoms with Gasteiger partial charge in [0.05, 0.1) is 12.2 Å². The van der Waals surface area contributed by atoms with Crippen LogP contribution in [0.5, 0.6) is 0 Å². The van der Waals surface area contributed by atoms with Crippen molar-refractivity contribution in [3.05, 3.63) is 33.8 Å². The van der Waals surface area contributed by atoms with E-state index < -0.39 is 12.2 Å². The lowest BCUT2D eigenvalue weighted by molar-refractivity contribution is 0.175. The minimum absolute atomic E-state index is 0.544. The van der Waals surface area contributed by atoms with Crippen LogP contribution in [0.1, 0.15) is 37.2 Å². The van der Waals surface area contributed by atoms with Gasteiger partial charge in [0.25, 0.3) is 0 Å². The zero-order chi connectivity index (χ0) is 10.0. The van der Waals surface area contributed by atoms with E-state index in [-0.39, 0.29) is 0 Å². The molecule has 0 radical (unpaired) electrons. The lowest BCUT2D eigenvalue weighted by Gasteiger charge is -2.14. The summed E-state index contributed by atoms with van der Waals surface area (Å²) in [6.07, 6.45) is -1.10. The number of hydrogen-bond donors (Lipinski definition) is 2. The van der Waals surface area contributed by atoms with Gasteiger partial charge in [-0.15, -0.1) is 0 Å². The van der Waals surface area contributed by atoms with Crippen LogP contribution in [0.25, 0.3) is 0 Å². The molecule has 0 aliphatic rings. The van der Waals surface area contributed by atoms with Crippen LogP contribution in [0.4, 0.5) is 0 Å². The molecular weight excluding hydrogens is 232 g/mol. The first-order chi connectivity index (χ1) is 6.02. The van der Waals surface area contributed by atoms with Crippen molar-refractivity contribution < 1.29 is 10.2 Å². The van der Waals surface area contributed by atoms with Crippen LogP contribution in [0, 0.1) is 0 Å². The van der Waals surface area contributed by atoms with Gasteiger partial charge in [-0.25, -0.2) is 0 Å². The number of benzene rings is 1. The molecule has 0 aromatic heterocycles. The van der Waals surface area contributed by atoms with E-state index >= 15 is 0 Å².